The highest BCUT2D eigenvalue weighted by molar-refractivity contribution is 5.90. The van der Waals surface area contributed by atoms with E-state index in [-0.39, 0.29) is 11.9 Å². The van der Waals surface area contributed by atoms with Crippen LogP contribution in [0.25, 0.3) is 22.3 Å². The molecule has 0 spiro atoms. The molecule has 1 fully saturated rings. The van der Waals surface area contributed by atoms with Gasteiger partial charge in [0.15, 0.2) is 5.65 Å². The molecule has 7 heteroatoms. The van der Waals surface area contributed by atoms with Crippen molar-refractivity contribution in [3.63, 3.8) is 0 Å². The normalized spacial score (nSPS) is 16.0. The Morgan fingerprint density at radius 1 is 1.09 bits per heavy atom. The van der Waals surface area contributed by atoms with Crippen LogP contribution in [0.5, 0.6) is 11.5 Å². The summed E-state index contributed by atoms with van der Waals surface area (Å²) >= 11 is 0. The minimum absolute atomic E-state index is 0.0278. The van der Waals surface area contributed by atoms with Gasteiger partial charge in [-0.25, -0.2) is 14.6 Å². The largest absolute Gasteiger partial charge is 0.457 e. The third kappa shape index (κ3) is 4.35. The summed E-state index contributed by atoms with van der Waals surface area (Å²) in [7, 11) is 0. The monoisotopic (exact) mass is 439 g/mol. The molecule has 0 radical (unpaired) electrons. The van der Waals surface area contributed by atoms with E-state index in [4.69, 9.17) is 9.84 Å². The average Bonchev–Trinajstić information content (AvgIpc) is 3.23. The molecule has 1 saturated heterocycles. The molecule has 0 aliphatic carbocycles. The lowest BCUT2D eigenvalue weighted by Gasteiger charge is -2.35. The predicted molar refractivity (Wildman–Crippen MR) is 127 cm³/mol. The molecule has 7 nitrogen and oxygen atoms in total. The van der Waals surface area contributed by atoms with E-state index in [9.17, 15) is 4.79 Å². The minimum atomic E-state index is -0.0278. The molecule has 0 bridgehead atoms. The van der Waals surface area contributed by atoms with Crippen molar-refractivity contribution in [2.24, 2.45) is 0 Å². The first-order valence-electron chi connectivity index (χ1n) is 11.2. The van der Waals surface area contributed by atoms with Crippen molar-refractivity contribution in [2.75, 3.05) is 6.54 Å². The summed E-state index contributed by atoms with van der Waals surface area (Å²) in [6.07, 6.45) is 7.77. The van der Waals surface area contributed by atoms with Crippen molar-refractivity contribution in [2.45, 2.75) is 31.8 Å². The van der Waals surface area contributed by atoms with Gasteiger partial charge in [0.05, 0.1) is 18.0 Å². The van der Waals surface area contributed by atoms with Crippen LogP contribution in [0.15, 0.2) is 79.8 Å². The van der Waals surface area contributed by atoms with Crippen LogP contribution in [0.2, 0.25) is 0 Å². The topological polar surface area (TPSA) is 73.1 Å². The van der Waals surface area contributed by atoms with Crippen LogP contribution >= 0.6 is 0 Å². The quantitative estimate of drug-likeness (QED) is 0.402. The summed E-state index contributed by atoms with van der Waals surface area (Å²) in [5.41, 5.74) is 2.53. The van der Waals surface area contributed by atoms with Crippen molar-refractivity contribution < 1.29 is 9.53 Å². The lowest BCUT2D eigenvalue weighted by Crippen LogP contribution is -2.45. The Morgan fingerprint density at radius 2 is 1.88 bits per heavy atom. The Labute approximate surface area is 192 Å². The smallest absolute Gasteiger partial charge is 0.246 e. The van der Waals surface area contributed by atoms with Crippen LogP contribution in [-0.4, -0.2) is 43.1 Å². The molecule has 3 heterocycles. The molecule has 0 N–H and O–H groups in total. The number of ether oxygens (including phenoxy) is 1. The highest BCUT2D eigenvalue weighted by atomic mass is 16.5. The van der Waals surface area contributed by atoms with Crippen LogP contribution in [-0.2, 0) is 11.3 Å². The fourth-order valence-corrected chi connectivity index (χ4v) is 4.36. The number of piperidine rings is 1. The van der Waals surface area contributed by atoms with Gasteiger partial charge in [0.25, 0.3) is 0 Å². The van der Waals surface area contributed by atoms with Gasteiger partial charge in [-0.05, 0) is 61.7 Å². The van der Waals surface area contributed by atoms with Gasteiger partial charge in [-0.15, -0.1) is 0 Å². The summed E-state index contributed by atoms with van der Waals surface area (Å²) in [6, 6.07) is 17.6. The maximum atomic E-state index is 12.4. The van der Waals surface area contributed by atoms with E-state index in [2.05, 4.69) is 16.5 Å². The van der Waals surface area contributed by atoms with E-state index in [0.717, 1.165) is 59.6 Å². The zero-order valence-corrected chi connectivity index (χ0v) is 18.3. The number of hydrogen-bond acceptors (Lipinski definition) is 5. The summed E-state index contributed by atoms with van der Waals surface area (Å²) in [6.45, 7) is 4.99. The fraction of sp³-hybridized carbons (Fsp3) is 0.231. The minimum Gasteiger partial charge on any atom is -0.457 e. The SMILES string of the molecule is C=CC(=O)N1CCCC[C@@H]1Cn1nc(-c2ccc(Oc3ccccc3)cc2)c2cncnc21. The molecule has 33 heavy (non-hydrogen) atoms. The standard InChI is InChI=1S/C26H25N5O2/c1-2-24(32)30-15-7-6-8-20(30)17-31-26-23(16-27-18-28-26)25(29-31)19-11-13-22(14-12-19)33-21-9-4-3-5-10-21/h2-5,9-14,16,18,20H,1,6-8,15,17H2/t20-/m1/s1. The Morgan fingerprint density at radius 3 is 2.67 bits per heavy atom. The zero-order chi connectivity index (χ0) is 22.6. The highest BCUT2D eigenvalue weighted by Crippen LogP contribution is 2.30. The van der Waals surface area contributed by atoms with Crippen LogP contribution in [0.4, 0.5) is 0 Å². The van der Waals surface area contributed by atoms with Gasteiger partial charge in [0, 0.05) is 18.3 Å². The molecule has 2 aromatic carbocycles. The molecule has 0 unspecified atom stereocenters. The maximum Gasteiger partial charge on any atom is 0.246 e. The lowest BCUT2D eigenvalue weighted by atomic mass is 10.0. The van der Waals surface area contributed by atoms with E-state index >= 15 is 0 Å². The third-order valence-corrected chi connectivity index (χ3v) is 5.99. The van der Waals surface area contributed by atoms with Crippen LogP contribution in [0.3, 0.4) is 0 Å². The number of nitrogens with zero attached hydrogens (tertiary/aromatic N) is 5. The van der Waals surface area contributed by atoms with E-state index in [1.807, 2.05) is 64.2 Å². The van der Waals surface area contributed by atoms with Crippen molar-refractivity contribution in [3.8, 4) is 22.8 Å². The van der Waals surface area contributed by atoms with Crippen LogP contribution in [0.1, 0.15) is 19.3 Å². The van der Waals surface area contributed by atoms with Crippen LogP contribution < -0.4 is 4.74 Å². The van der Waals surface area contributed by atoms with Crippen molar-refractivity contribution in [3.05, 3.63) is 79.8 Å². The predicted octanol–water partition coefficient (Wildman–Crippen LogP) is 4.85. The number of amides is 1. The molecule has 1 amide bonds. The molecule has 1 aliphatic rings. The van der Waals surface area contributed by atoms with E-state index in [1.54, 1.807) is 6.20 Å². The molecule has 4 aromatic rings. The number of fused-ring (bicyclic) bond motifs is 1. The summed E-state index contributed by atoms with van der Waals surface area (Å²) in [5.74, 6) is 1.52. The molecule has 0 saturated carbocycles. The molecular formula is C26H25N5O2. The summed E-state index contributed by atoms with van der Waals surface area (Å²) in [5, 5.41) is 5.78. The lowest BCUT2D eigenvalue weighted by molar-refractivity contribution is -0.129. The zero-order valence-electron chi connectivity index (χ0n) is 18.3. The Kier molecular flexibility index (Phi) is 5.85. The first-order valence-corrected chi connectivity index (χ1v) is 11.2. The van der Waals surface area contributed by atoms with E-state index < -0.39 is 0 Å². The van der Waals surface area contributed by atoms with Crippen molar-refractivity contribution in [1.82, 2.24) is 24.6 Å². The van der Waals surface area contributed by atoms with Gasteiger partial charge in [0.2, 0.25) is 5.91 Å². The van der Waals surface area contributed by atoms with Gasteiger partial charge in [0.1, 0.15) is 23.5 Å². The highest BCUT2D eigenvalue weighted by Gasteiger charge is 2.27. The Balaban J connectivity index is 1.44. The van der Waals surface area contributed by atoms with Gasteiger partial charge >= 0.3 is 0 Å². The number of rotatable bonds is 6. The fourth-order valence-electron chi connectivity index (χ4n) is 4.36. The average molecular weight is 440 g/mol. The molecule has 166 valence electrons. The molecule has 1 atom stereocenters. The van der Waals surface area contributed by atoms with Gasteiger partial charge < -0.3 is 9.64 Å². The summed E-state index contributed by atoms with van der Waals surface area (Å²) < 4.78 is 7.81. The second-order valence-corrected chi connectivity index (χ2v) is 8.12. The number of aromatic nitrogens is 4. The van der Waals surface area contributed by atoms with E-state index in [1.165, 1.54) is 12.4 Å². The number of carbonyl (C=O) groups excluding carboxylic acids is 1. The van der Waals surface area contributed by atoms with Crippen molar-refractivity contribution in [1.29, 1.82) is 0 Å². The number of para-hydroxylation sites is 1. The first-order chi connectivity index (χ1) is 16.2. The number of benzene rings is 2. The van der Waals surface area contributed by atoms with Gasteiger partial charge in [-0.2, -0.15) is 5.10 Å². The second kappa shape index (κ2) is 9.24. The van der Waals surface area contributed by atoms with Gasteiger partial charge in [-0.3, -0.25) is 4.79 Å². The second-order valence-electron chi connectivity index (χ2n) is 8.12. The molecule has 5 rings (SSSR count). The third-order valence-electron chi connectivity index (χ3n) is 5.99. The molecule has 1 aliphatic heterocycles. The maximum absolute atomic E-state index is 12.4. The van der Waals surface area contributed by atoms with Crippen molar-refractivity contribution >= 4 is 16.9 Å². The summed E-state index contributed by atoms with van der Waals surface area (Å²) in [4.78, 5) is 23.0. The van der Waals surface area contributed by atoms with E-state index in [0.29, 0.717) is 6.54 Å². The van der Waals surface area contributed by atoms with Crippen LogP contribution in [0, 0.1) is 0 Å². The first kappa shape index (κ1) is 20.9. The Hall–Kier alpha value is -4.00. The number of carbonyl (C=O) groups is 1. The Bertz CT molecular complexity index is 1270. The molecular weight excluding hydrogens is 414 g/mol. The number of hydrogen-bond donors (Lipinski definition) is 0. The number of likely N-dealkylation sites (tertiary alicyclic amines) is 1. The molecule has 2 aromatic heterocycles. The van der Waals surface area contributed by atoms with Gasteiger partial charge in [-0.1, -0.05) is 24.8 Å².